The quantitative estimate of drug-likeness (QED) is 0.202. The van der Waals surface area contributed by atoms with E-state index in [2.05, 4.69) is 25.0 Å². The second-order valence-electron chi connectivity index (χ2n) is 5.61. The molecule has 132 valence electrons. The fourth-order valence-electron chi connectivity index (χ4n) is 2.83. The summed E-state index contributed by atoms with van der Waals surface area (Å²) in [5.74, 6) is -1.14. The maximum absolute atomic E-state index is 14.1. The first-order valence-electron chi connectivity index (χ1n) is 7.81. The Morgan fingerprint density at radius 1 is 1.11 bits per heavy atom. The van der Waals surface area contributed by atoms with Crippen molar-refractivity contribution in [2.45, 2.75) is 6.54 Å². The van der Waals surface area contributed by atoms with Crippen LogP contribution < -0.4 is 0 Å². The van der Waals surface area contributed by atoms with Crippen LogP contribution in [0, 0.1) is 11.8 Å². The number of halogens is 2. The number of thiophene rings is 1. The first-order valence-corrected chi connectivity index (χ1v) is 8.63. The van der Waals surface area contributed by atoms with Crippen molar-refractivity contribution in [1.29, 1.82) is 0 Å². The van der Waals surface area contributed by atoms with E-state index in [1.807, 2.05) is 24.3 Å². The molecule has 0 saturated heterocycles. The van der Waals surface area contributed by atoms with Crippen LogP contribution in [0.5, 0.6) is 0 Å². The van der Waals surface area contributed by atoms with Crippen LogP contribution in [0.3, 0.4) is 0 Å². The van der Waals surface area contributed by atoms with Crippen LogP contribution in [0.25, 0.3) is 42.2 Å². The fraction of sp³-hybridized carbons (Fsp3) is 0.0556. The molecule has 0 bridgehead atoms. The molecule has 0 aliphatic rings. The van der Waals surface area contributed by atoms with Crippen molar-refractivity contribution in [3.8, 4) is 21.7 Å². The summed E-state index contributed by atoms with van der Waals surface area (Å²) in [6, 6.07) is 8.71. The Morgan fingerprint density at radius 2 is 2.00 bits per heavy atom. The maximum atomic E-state index is 14.1. The van der Waals surface area contributed by atoms with Crippen LogP contribution in [0.4, 0.5) is 8.78 Å². The first kappa shape index (κ1) is 17.0. The zero-order valence-corrected chi connectivity index (χ0v) is 14.5. The normalized spacial score (nSPS) is 10.7. The summed E-state index contributed by atoms with van der Waals surface area (Å²) in [4.78, 5) is 14.7. The summed E-state index contributed by atoms with van der Waals surface area (Å²) in [5, 5.41) is 4.43. The van der Waals surface area contributed by atoms with Crippen LogP contribution in [0.15, 0.2) is 54.2 Å². The predicted octanol–water partition coefficient (Wildman–Crippen LogP) is 5.51. The minimum absolute atomic E-state index is 0.0499. The van der Waals surface area contributed by atoms with E-state index in [-0.39, 0.29) is 12.2 Å². The number of pyridine rings is 1. The lowest BCUT2D eigenvalue weighted by molar-refractivity contribution is 0.583. The van der Waals surface area contributed by atoms with Crippen LogP contribution in [0.1, 0.15) is 5.56 Å². The number of benzene rings is 1. The van der Waals surface area contributed by atoms with Crippen molar-refractivity contribution < 1.29 is 8.78 Å². The van der Waals surface area contributed by atoms with Crippen molar-refractivity contribution in [2.24, 2.45) is 5.11 Å². The summed E-state index contributed by atoms with van der Waals surface area (Å²) in [6.07, 6.45) is 3.76. The molecule has 0 unspecified atom stereocenters. The molecular formula is C18H10F2N6S. The molecule has 1 aromatic carbocycles. The highest BCUT2D eigenvalue weighted by Gasteiger charge is 2.15. The summed E-state index contributed by atoms with van der Waals surface area (Å²) in [6.45, 7) is 0.0499. The van der Waals surface area contributed by atoms with Gasteiger partial charge in [-0.3, -0.25) is 0 Å². The van der Waals surface area contributed by atoms with Crippen LogP contribution in [-0.2, 0) is 6.54 Å². The Kier molecular flexibility index (Phi) is 4.45. The van der Waals surface area contributed by atoms with Gasteiger partial charge in [0.2, 0.25) is 5.95 Å². The van der Waals surface area contributed by atoms with Gasteiger partial charge in [-0.25, -0.2) is 19.3 Å². The van der Waals surface area contributed by atoms with E-state index in [1.54, 1.807) is 0 Å². The molecule has 9 heteroatoms. The van der Waals surface area contributed by atoms with E-state index in [1.165, 1.54) is 29.9 Å². The molecule has 0 N–H and O–H groups in total. The van der Waals surface area contributed by atoms with Gasteiger partial charge in [-0.1, -0.05) is 23.3 Å². The average molecular weight is 380 g/mol. The second kappa shape index (κ2) is 7.06. The summed E-state index contributed by atoms with van der Waals surface area (Å²) < 4.78 is 28.7. The lowest BCUT2D eigenvalue weighted by Gasteiger charge is -2.08. The molecule has 0 radical (unpaired) electrons. The Morgan fingerprint density at radius 3 is 2.81 bits per heavy atom. The zero-order valence-electron chi connectivity index (χ0n) is 13.7. The zero-order chi connectivity index (χ0) is 18.8. The minimum Gasteiger partial charge on any atom is -0.242 e. The average Bonchev–Trinajstić information content (AvgIpc) is 3.11. The summed E-state index contributed by atoms with van der Waals surface area (Å²) >= 11 is 1.35. The Balaban J connectivity index is 1.93. The lowest BCUT2D eigenvalue weighted by atomic mass is 10.0. The van der Waals surface area contributed by atoms with Gasteiger partial charge < -0.3 is 0 Å². The van der Waals surface area contributed by atoms with Crippen molar-refractivity contribution in [3.63, 3.8) is 0 Å². The highest BCUT2D eigenvalue weighted by molar-refractivity contribution is 7.22. The van der Waals surface area contributed by atoms with E-state index in [0.717, 1.165) is 21.8 Å². The molecule has 27 heavy (non-hydrogen) atoms. The fourth-order valence-corrected chi connectivity index (χ4v) is 4.01. The maximum Gasteiger partial charge on any atom is 0.213 e. The molecule has 0 fully saturated rings. The van der Waals surface area contributed by atoms with Gasteiger partial charge in [0.15, 0.2) is 5.82 Å². The minimum atomic E-state index is -0.634. The van der Waals surface area contributed by atoms with Crippen molar-refractivity contribution in [3.05, 3.63) is 76.8 Å². The molecule has 4 aromatic rings. The van der Waals surface area contributed by atoms with Crippen molar-refractivity contribution in [1.82, 2.24) is 15.0 Å². The highest BCUT2D eigenvalue weighted by atomic mass is 32.1. The summed E-state index contributed by atoms with van der Waals surface area (Å²) in [7, 11) is 0. The molecule has 4 rings (SSSR count). The molecule has 0 saturated carbocycles. The Hall–Kier alpha value is -3.42. The van der Waals surface area contributed by atoms with Crippen molar-refractivity contribution >= 4 is 21.4 Å². The van der Waals surface area contributed by atoms with Crippen molar-refractivity contribution in [2.75, 3.05) is 0 Å². The van der Waals surface area contributed by atoms with E-state index < -0.39 is 11.8 Å². The number of nitrogens with zero attached hydrogens (tertiary/aromatic N) is 6. The number of azide groups is 1. The van der Waals surface area contributed by atoms with E-state index in [9.17, 15) is 8.78 Å². The molecule has 3 heterocycles. The van der Waals surface area contributed by atoms with Gasteiger partial charge in [-0.2, -0.15) is 4.39 Å². The molecule has 0 spiro atoms. The Bertz CT molecular complexity index is 1200. The number of fused-ring (bicyclic) bond motifs is 1. The van der Waals surface area contributed by atoms with Crippen LogP contribution in [-0.4, -0.2) is 15.0 Å². The van der Waals surface area contributed by atoms with Gasteiger partial charge in [-0.15, -0.1) is 11.3 Å². The monoisotopic (exact) mass is 380 g/mol. The molecule has 3 aromatic heterocycles. The summed E-state index contributed by atoms with van der Waals surface area (Å²) in [5.41, 5.74) is 10.7. The number of hydrogen-bond donors (Lipinski definition) is 0. The third-order valence-corrected chi connectivity index (χ3v) is 5.18. The number of rotatable bonds is 4. The van der Waals surface area contributed by atoms with E-state index in [4.69, 9.17) is 5.53 Å². The van der Waals surface area contributed by atoms with Gasteiger partial charge in [0.25, 0.3) is 0 Å². The van der Waals surface area contributed by atoms with Gasteiger partial charge in [-0.05, 0) is 33.7 Å². The molecule has 6 nitrogen and oxygen atoms in total. The van der Waals surface area contributed by atoms with Gasteiger partial charge in [0, 0.05) is 21.9 Å². The standard InChI is InChI=1S/C18H10F2N6S/c19-14-8-22-9-24-17(14)15-4-10-2-1-3-12(18(10)27-15)13-5-16(20)23-6-11(13)7-25-26-21/h1-6,8-9H,7H2. The van der Waals surface area contributed by atoms with E-state index in [0.29, 0.717) is 16.0 Å². The first-order chi connectivity index (χ1) is 13.2. The predicted molar refractivity (Wildman–Crippen MR) is 98.8 cm³/mol. The lowest BCUT2D eigenvalue weighted by Crippen LogP contribution is -1.93. The molecule has 0 atom stereocenters. The highest BCUT2D eigenvalue weighted by Crippen LogP contribution is 2.40. The molecular weight excluding hydrogens is 370 g/mol. The van der Waals surface area contributed by atoms with E-state index >= 15 is 0 Å². The SMILES string of the molecule is [N-]=[N+]=NCc1cnc(F)cc1-c1cccc2cc(-c3ncncc3F)sc12. The van der Waals surface area contributed by atoms with Gasteiger partial charge in [0.1, 0.15) is 12.0 Å². The largest absolute Gasteiger partial charge is 0.242 e. The smallest absolute Gasteiger partial charge is 0.213 e. The molecule has 0 aliphatic carbocycles. The molecule has 0 aliphatic heterocycles. The number of aromatic nitrogens is 3. The van der Waals surface area contributed by atoms with Gasteiger partial charge >= 0.3 is 0 Å². The molecule has 0 amide bonds. The third kappa shape index (κ3) is 3.21. The van der Waals surface area contributed by atoms with Crippen LogP contribution in [0.2, 0.25) is 0 Å². The second-order valence-corrected chi connectivity index (χ2v) is 6.66. The number of hydrogen-bond acceptors (Lipinski definition) is 5. The Labute approximate surface area is 155 Å². The topological polar surface area (TPSA) is 87.4 Å². The van der Waals surface area contributed by atoms with Gasteiger partial charge in [0.05, 0.1) is 17.6 Å². The third-order valence-electron chi connectivity index (χ3n) is 3.99. The van der Waals surface area contributed by atoms with Crippen LogP contribution >= 0.6 is 11.3 Å².